The summed E-state index contributed by atoms with van der Waals surface area (Å²) >= 11 is 0. The van der Waals surface area contributed by atoms with Crippen LogP contribution in [0.5, 0.6) is 0 Å². The predicted molar refractivity (Wildman–Crippen MR) is 62.5 cm³/mol. The third-order valence-corrected chi connectivity index (χ3v) is 2.75. The van der Waals surface area contributed by atoms with Crippen LogP contribution in [0.1, 0.15) is 17.0 Å². The van der Waals surface area contributed by atoms with Gasteiger partial charge in [0, 0.05) is 18.9 Å². The van der Waals surface area contributed by atoms with Crippen molar-refractivity contribution < 1.29 is 0 Å². The molecule has 2 aromatic rings. The highest BCUT2D eigenvalue weighted by Crippen LogP contribution is 2.03. The summed E-state index contributed by atoms with van der Waals surface area (Å²) in [7, 11) is 1.87. The summed E-state index contributed by atoms with van der Waals surface area (Å²) in [6.45, 7) is 2.27. The number of aromatic nitrogens is 3. The van der Waals surface area contributed by atoms with Crippen molar-refractivity contribution in [3.8, 4) is 6.07 Å². The molecule has 0 unspecified atom stereocenters. The molecule has 17 heavy (non-hydrogen) atoms. The van der Waals surface area contributed by atoms with Gasteiger partial charge in [0.1, 0.15) is 11.6 Å². The lowest BCUT2D eigenvalue weighted by molar-refractivity contribution is 0.679. The maximum atomic E-state index is 12.0. The smallest absolute Gasteiger partial charge is 0.269 e. The Balaban J connectivity index is 2.50. The zero-order valence-corrected chi connectivity index (χ0v) is 9.71. The molecule has 2 aromatic heterocycles. The third kappa shape index (κ3) is 1.97. The topological polar surface area (TPSA) is 63.6 Å². The normalized spacial score (nSPS) is 10.2. The number of nitrogens with zero attached hydrogens (tertiary/aromatic N) is 4. The quantitative estimate of drug-likeness (QED) is 0.764. The maximum Gasteiger partial charge on any atom is 0.269 e. The fourth-order valence-corrected chi connectivity index (χ4v) is 1.65. The van der Waals surface area contributed by atoms with Crippen LogP contribution in [0, 0.1) is 18.3 Å². The second-order valence-corrected chi connectivity index (χ2v) is 3.89. The van der Waals surface area contributed by atoms with Crippen molar-refractivity contribution in [3.05, 3.63) is 52.0 Å². The first-order valence-corrected chi connectivity index (χ1v) is 5.19. The lowest BCUT2D eigenvalue weighted by atomic mass is 10.2. The van der Waals surface area contributed by atoms with Crippen molar-refractivity contribution in [3.63, 3.8) is 0 Å². The first kappa shape index (κ1) is 11.1. The molecule has 5 heteroatoms. The van der Waals surface area contributed by atoms with Gasteiger partial charge < -0.3 is 9.13 Å². The largest absolute Gasteiger partial charge is 0.336 e. The van der Waals surface area contributed by atoms with E-state index in [2.05, 4.69) is 4.98 Å². The van der Waals surface area contributed by atoms with E-state index in [1.54, 1.807) is 29.2 Å². The summed E-state index contributed by atoms with van der Waals surface area (Å²) in [6, 6.07) is 5.23. The number of imidazole rings is 1. The van der Waals surface area contributed by atoms with Gasteiger partial charge >= 0.3 is 0 Å². The first-order valence-electron chi connectivity index (χ1n) is 5.19. The third-order valence-electron chi connectivity index (χ3n) is 2.75. The molecule has 0 saturated heterocycles. The fourth-order valence-electron chi connectivity index (χ4n) is 1.65. The molecular formula is C12H12N4O. The van der Waals surface area contributed by atoms with Gasteiger partial charge in [-0.2, -0.15) is 5.26 Å². The van der Waals surface area contributed by atoms with Gasteiger partial charge in [0.2, 0.25) is 0 Å². The monoisotopic (exact) mass is 228 g/mol. The molecule has 5 nitrogen and oxygen atoms in total. The molecule has 0 fully saturated rings. The standard InChI is InChI=1S/C12H12N4O/c1-9-3-4-10(5-13)12(17)16(9)7-11-6-14-8-15(11)2/h3-4,6,8H,7H2,1-2H3. The Bertz CT molecular complexity index is 645. The Morgan fingerprint density at radius 3 is 2.82 bits per heavy atom. The van der Waals surface area contributed by atoms with Crippen molar-refractivity contribution in [2.45, 2.75) is 13.5 Å². The summed E-state index contributed by atoms with van der Waals surface area (Å²) in [5, 5.41) is 8.83. The minimum atomic E-state index is -0.256. The highest BCUT2D eigenvalue weighted by atomic mass is 16.1. The molecule has 0 aliphatic heterocycles. The van der Waals surface area contributed by atoms with Gasteiger partial charge in [0.25, 0.3) is 5.56 Å². The molecule has 0 radical (unpaired) electrons. The molecular weight excluding hydrogens is 216 g/mol. The van der Waals surface area contributed by atoms with Gasteiger partial charge in [-0.3, -0.25) is 4.79 Å². The molecule has 0 saturated carbocycles. The van der Waals surface area contributed by atoms with Crippen LogP contribution in [-0.2, 0) is 13.6 Å². The summed E-state index contributed by atoms with van der Waals surface area (Å²) < 4.78 is 3.43. The van der Waals surface area contributed by atoms with E-state index in [0.717, 1.165) is 11.4 Å². The Kier molecular flexibility index (Phi) is 2.79. The number of pyridine rings is 1. The Labute approximate surface area is 98.6 Å². The van der Waals surface area contributed by atoms with Crippen LogP contribution in [0.25, 0.3) is 0 Å². The minimum Gasteiger partial charge on any atom is -0.336 e. The van der Waals surface area contributed by atoms with Crippen LogP contribution in [0.2, 0.25) is 0 Å². The lowest BCUT2D eigenvalue weighted by Crippen LogP contribution is -2.25. The molecule has 0 aliphatic carbocycles. The summed E-state index contributed by atoms with van der Waals surface area (Å²) in [5.74, 6) is 0. The molecule has 0 spiro atoms. The highest BCUT2D eigenvalue weighted by Gasteiger charge is 2.08. The van der Waals surface area contributed by atoms with Crippen molar-refractivity contribution in [2.24, 2.45) is 7.05 Å². The van der Waals surface area contributed by atoms with Gasteiger partial charge in [-0.25, -0.2) is 4.98 Å². The molecule has 86 valence electrons. The average molecular weight is 228 g/mol. The van der Waals surface area contributed by atoms with Crippen LogP contribution in [-0.4, -0.2) is 14.1 Å². The van der Waals surface area contributed by atoms with Gasteiger partial charge in [-0.15, -0.1) is 0 Å². The fraction of sp³-hybridized carbons (Fsp3) is 0.250. The number of hydrogen-bond donors (Lipinski definition) is 0. The zero-order chi connectivity index (χ0) is 12.4. The number of hydrogen-bond acceptors (Lipinski definition) is 3. The number of nitriles is 1. The molecule has 0 atom stereocenters. The van der Waals surface area contributed by atoms with Crippen molar-refractivity contribution in [2.75, 3.05) is 0 Å². The maximum absolute atomic E-state index is 12.0. The minimum absolute atomic E-state index is 0.165. The highest BCUT2D eigenvalue weighted by molar-refractivity contribution is 5.27. The van der Waals surface area contributed by atoms with E-state index >= 15 is 0 Å². The van der Waals surface area contributed by atoms with E-state index in [4.69, 9.17) is 5.26 Å². The van der Waals surface area contributed by atoms with Crippen LogP contribution >= 0.6 is 0 Å². The van der Waals surface area contributed by atoms with E-state index in [1.807, 2.05) is 24.6 Å². The van der Waals surface area contributed by atoms with Crippen LogP contribution in [0.4, 0.5) is 0 Å². The van der Waals surface area contributed by atoms with Crippen LogP contribution in [0.15, 0.2) is 29.5 Å². The SMILES string of the molecule is Cc1ccc(C#N)c(=O)n1Cc1cncn1C. The second kappa shape index (κ2) is 4.26. The van der Waals surface area contributed by atoms with E-state index in [0.29, 0.717) is 6.54 Å². The average Bonchev–Trinajstić information content (AvgIpc) is 2.70. The first-order chi connectivity index (χ1) is 8.13. The number of aryl methyl sites for hydroxylation is 2. The van der Waals surface area contributed by atoms with E-state index in [9.17, 15) is 4.79 Å². The van der Waals surface area contributed by atoms with Gasteiger partial charge in [-0.05, 0) is 19.1 Å². The van der Waals surface area contributed by atoms with Crippen LogP contribution < -0.4 is 5.56 Å². The van der Waals surface area contributed by atoms with Crippen molar-refractivity contribution in [1.82, 2.24) is 14.1 Å². The van der Waals surface area contributed by atoms with Gasteiger partial charge in [0.05, 0.1) is 18.6 Å². The van der Waals surface area contributed by atoms with Crippen LogP contribution in [0.3, 0.4) is 0 Å². The molecule has 2 heterocycles. The van der Waals surface area contributed by atoms with Gasteiger partial charge in [0.15, 0.2) is 0 Å². The molecule has 0 bridgehead atoms. The van der Waals surface area contributed by atoms with E-state index in [1.165, 1.54) is 0 Å². The van der Waals surface area contributed by atoms with Crippen molar-refractivity contribution >= 4 is 0 Å². The molecule has 0 amide bonds. The van der Waals surface area contributed by atoms with E-state index in [-0.39, 0.29) is 11.1 Å². The summed E-state index contributed by atoms with van der Waals surface area (Å²) in [5.41, 5.74) is 1.66. The molecule has 0 aromatic carbocycles. The van der Waals surface area contributed by atoms with Crippen molar-refractivity contribution in [1.29, 1.82) is 5.26 Å². The lowest BCUT2D eigenvalue weighted by Gasteiger charge is -2.10. The Hall–Kier alpha value is -2.35. The molecule has 2 rings (SSSR count). The number of rotatable bonds is 2. The Morgan fingerprint density at radius 2 is 2.24 bits per heavy atom. The summed E-state index contributed by atoms with van der Waals surface area (Å²) in [4.78, 5) is 16.0. The van der Waals surface area contributed by atoms with E-state index < -0.39 is 0 Å². The van der Waals surface area contributed by atoms with Gasteiger partial charge in [-0.1, -0.05) is 0 Å². The molecule has 0 N–H and O–H groups in total. The summed E-state index contributed by atoms with van der Waals surface area (Å²) in [6.07, 6.45) is 3.40. The molecule has 0 aliphatic rings. The zero-order valence-electron chi connectivity index (χ0n) is 9.71. The Morgan fingerprint density at radius 1 is 1.47 bits per heavy atom. The second-order valence-electron chi connectivity index (χ2n) is 3.89. The predicted octanol–water partition coefficient (Wildman–Crippen LogP) is 0.810.